The van der Waals surface area contributed by atoms with E-state index in [1.54, 1.807) is 48.5 Å². The average Bonchev–Trinajstić information content (AvgIpc) is 3.14. The highest BCUT2D eigenvalue weighted by Gasteiger charge is 2.14. The zero-order valence-electron chi connectivity index (χ0n) is 31.9. The van der Waals surface area contributed by atoms with Gasteiger partial charge < -0.3 is 29.2 Å². The van der Waals surface area contributed by atoms with Gasteiger partial charge in [-0.25, -0.2) is 0 Å². The van der Waals surface area contributed by atoms with Gasteiger partial charge in [0.1, 0.15) is 34.5 Å². The fourth-order valence-electron chi connectivity index (χ4n) is 6.36. The molecule has 0 atom stereocenters. The molecule has 8 nitrogen and oxygen atoms in total. The molecule has 0 fully saturated rings. The molecule has 0 aliphatic carbocycles. The van der Waals surface area contributed by atoms with Gasteiger partial charge in [0.05, 0.1) is 12.8 Å². The van der Waals surface area contributed by atoms with Gasteiger partial charge in [-0.05, 0) is 90.3 Å². The molecule has 0 aromatic heterocycles. The van der Waals surface area contributed by atoms with Crippen molar-refractivity contribution >= 4 is 11.9 Å². The summed E-state index contributed by atoms with van der Waals surface area (Å²) >= 11 is 0. The van der Waals surface area contributed by atoms with E-state index in [2.05, 4.69) is 6.92 Å². The van der Waals surface area contributed by atoms with Crippen molar-refractivity contribution in [2.45, 2.75) is 129 Å². The number of carbonyl (C=O) groups is 2. The minimum atomic E-state index is -0.890. The van der Waals surface area contributed by atoms with E-state index in [4.69, 9.17) is 29.2 Å². The zero-order valence-corrected chi connectivity index (χ0v) is 31.9. The van der Waals surface area contributed by atoms with Gasteiger partial charge in [-0.3, -0.25) is 9.59 Å². The average molecular weight is 739 g/mol. The number of benzene rings is 4. The van der Waals surface area contributed by atoms with Crippen molar-refractivity contribution in [2.75, 3.05) is 0 Å². The Kier molecular flexibility index (Phi) is 18.8. The molecule has 0 aliphatic heterocycles. The molecule has 2 N–H and O–H groups in total. The predicted octanol–water partition coefficient (Wildman–Crippen LogP) is 12.6. The van der Waals surface area contributed by atoms with E-state index < -0.39 is 18.2 Å². The van der Waals surface area contributed by atoms with Gasteiger partial charge >= 0.3 is 11.9 Å². The lowest BCUT2D eigenvalue weighted by molar-refractivity contribution is -0.137. The first-order valence-corrected chi connectivity index (χ1v) is 19.9. The van der Waals surface area contributed by atoms with Crippen LogP contribution in [0.3, 0.4) is 0 Å². The highest BCUT2D eigenvalue weighted by Crippen LogP contribution is 2.29. The second kappa shape index (κ2) is 24.4. The van der Waals surface area contributed by atoms with Crippen molar-refractivity contribution in [3.63, 3.8) is 0 Å². The van der Waals surface area contributed by atoms with Crippen molar-refractivity contribution in [1.82, 2.24) is 0 Å². The van der Waals surface area contributed by atoms with E-state index in [0.29, 0.717) is 45.6 Å². The third-order valence-electron chi connectivity index (χ3n) is 9.20. The highest BCUT2D eigenvalue weighted by molar-refractivity contribution is 5.70. The second-order valence-corrected chi connectivity index (χ2v) is 14.0. The summed E-state index contributed by atoms with van der Waals surface area (Å²) in [5, 5.41) is 18.2. The summed E-state index contributed by atoms with van der Waals surface area (Å²) in [6, 6.07) is 28.8. The lowest BCUT2D eigenvalue weighted by atomic mass is 10.0. The lowest BCUT2D eigenvalue weighted by Gasteiger charge is -2.21. The van der Waals surface area contributed by atoms with Crippen LogP contribution in [0.4, 0.5) is 0 Å². The maximum Gasteiger partial charge on any atom is 0.307 e. The zero-order chi connectivity index (χ0) is 38.2. The number of hydrogen-bond donors (Lipinski definition) is 2. The maximum absolute atomic E-state index is 11.1. The smallest absolute Gasteiger partial charge is 0.307 e. The van der Waals surface area contributed by atoms with Gasteiger partial charge in [0.25, 0.3) is 0 Å². The molecule has 0 saturated carbocycles. The molecule has 0 radical (unpaired) electrons. The number of ether oxygens (including phenoxy) is 4. The largest absolute Gasteiger partial charge is 0.481 e. The molecule has 0 spiro atoms. The number of unbranched alkanes of at least 4 members (excludes halogenated alkanes) is 14. The molecule has 0 aliphatic rings. The molecule has 54 heavy (non-hydrogen) atoms. The number of hydrogen-bond acceptors (Lipinski definition) is 6. The van der Waals surface area contributed by atoms with Crippen molar-refractivity contribution in [3.05, 3.63) is 108 Å². The third-order valence-corrected chi connectivity index (χ3v) is 9.20. The third kappa shape index (κ3) is 17.2. The Bertz CT molecular complexity index is 1540. The normalized spacial score (nSPS) is 11.0. The van der Waals surface area contributed by atoms with Crippen molar-refractivity contribution in [2.24, 2.45) is 0 Å². The van der Waals surface area contributed by atoms with Crippen LogP contribution in [0.15, 0.2) is 97.1 Å². The van der Waals surface area contributed by atoms with Crippen LogP contribution in [0.1, 0.15) is 121 Å². The molecule has 290 valence electrons. The second-order valence-electron chi connectivity index (χ2n) is 14.0. The highest BCUT2D eigenvalue weighted by atomic mass is 16.7. The Balaban J connectivity index is 1.26. The van der Waals surface area contributed by atoms with Crippen molar-refractivity contribution < 1.29 is 38.7 Å². The molecule has 4 aromatic rings. The lowest BCUT2D eigenvalue weighted by Crippen LogP contribution is -2.24. The summed E-state index contributed by atoms with van der Waals surface area (Å²) in [5.74, 6) is 1.87. The Labute approximate surface area is 321 Å². The first kappa shape index (κ1) is 41.8. The molecule has 4 aromatic carbocycles. The Morgan fingerprint density at radius 3 is 1.19 bits per heavy atom. The van der Waals surface area contributed by atoms with Gasteiger partial charge in [-0.15, -0.1) is 0 Å². The van der Waals surface area contributed by atoms with Gasteiger partial charge in [-0.1, -0.05) is 121 Å². The van der Waals surface area contributed by atoms with Crippen LogP contribution in [-0.2, 0) is 22.4 Å². The van der Waals surface area contributed by atoms with E-state index in [0.717, 1.165) is 19.3 Å². The maximum atomic E-state index is 11.1. The van der Waals surface area contributed by atoms with Crippen molar-refractivity contribution in [3.8, 4) is 34.5 Å². The molecule has 0 bridgehead atoms. The Hall–Kier alpha value is -4.98. The predicted molar refractivity (Wildman–Crippen MR) is 213 cm³/mol. The molecular weight excluding hydrogens is 680 g/mol. The first-order chi connectivity index (χ1) is 26.4. The van der Waals surface area contributed by atoms with Gasteiger partial charge in [0.15, 0.2) is 0 Å². The van der Waals surface area contributed by atoms with E-state index in [-0.39, 0.29) is 12.8 Å². The van der Waals surface area contributed by atoms with E-state index in [1.807, 2.05) is 48.5 Å². The fourth-order valence-corrected chi connectivity index (χ4v) is 6.36. The monoisotopic (exact) mass is 738 g/mol. The summed E-state index contributed by atoms with van der Waals surface area (Å²) in [6.45, 7) is 2.27. The minimum absolute atomic E-state index is 0.0665. The molecule has 4 rings (SSSR count). The SMILES string of the molecule is CCCCCCCCCCCCCCCCCC(Oc1ccc(Oc2cccc(CC(=O)O)c2)cc1)Oc1ccc(Oc2cccc(CC(=O)O)c2)cc1. The summed E-state index contributed by atoms with van der Waals surface area (Å²) in [6.07, 6.45) is 19.6. The van der Waals surface area contributed by atoms with Crippen LogP contribution in [0.2, 0.25) is 0 Å². The number of carboxylic acids is 2. The van der Waals surface area contributed by atoms with Crippen LogP contribution in [0, 0.1) is 0 Å². The Morgan fingerprint density at radius 2 is 0.815 bits per heavy atom. The van der Waals surface area contributed by atoms with Gasteiger partial charge in [-0.2, -0.15) is 0 Å². The quantitative estimate of drug-likeness (QED) is 0.0437. The summed E-state index contributed by atoms with van der Waals surface area (Å²) in [7, 11) is 0. The van der Waals surface area contributed by atoms with Crippen molar-refractivity contribution in [1.29, 1.82) is 0 Å². The van der Waals surface area contributed by atoms with E-state index >= 15 is 0 Å². The van der Waals surface area contributed by atoms with Gasteiger partial charge in [0, 0.05) is 6.42 Å². The fraction of sp³-hybridized carbons (Fsp3) is 0.435. The molecule has 8 heteroatoms. The molecule has 0 saturated heterocycles. The van der Waals surface area contributed by atoms with Crippen LogP contribution >= 0.6 is 0 Å². The number of aliphatic carboxylic acids is 2. The summed E-state index contributed by atoms with van der Waals surface area (Å²) in [4.78, 5) is 22.2. The van der Waals surface area contributed by atoms with Gasteiger partial charge in [0.2, 0.25) is 6.29 Å². The van der Waals surface area contributed by atoms with Crippen LogP contribution in [0.25, 0.3) is 0 Å². The first-order valence-electron chi connectivity index (χ1n) is 19.9. The molecule has 0 heterocycles. The molecule has 0 amide bonds. The standard InChI is InChI=1S/C46H58O8/c1-2-3-4-5-6-7-8-9-10-11-12-13-14-15-16-23-46(53-40-28-24-38(25-29-40)51-42-21-17-19-36(32-42)34-44(47)48)54-41-30-26-39(27-31-41)52-43-22-18-20-37(33-43)35-45(49)50/h17-22,24-33,46H,2-16,23,34-35H2,1H3,(H,47,48)(H,49,50). The van der Waals surface area contributed by atoms with E-state index in [1.165, 1.54) is 83.5 Å². The summed E-state index contributed by atoms with van der Waals surface area (Å²) in [5.41, 5.74) is 1.34. The topological polar surface area (TPSA) is 112 Å². The van der Waals surface area contributed by atoms with Crippen LogP contribution in [-0.4, -0.2) is 28.4 Å². The van der Waals surface area contributed by atoms with Crippen LogP contribution < -0.4 is 18.9 Å². The van der Waals surface area contributed by atoms with Crippen LogP contribution in [0.5, 0.6) is 34.5 Å². The minimum Gasteiger partial charge on any atom is -0.481 e. The molecule has 0 unspecified atom stereocenters. The molecular formula is C46H58O8. The Morgan fingerprint density at radius 1 is 0.463 bits per heavy atom. The number of rotatable bonds is 28. The summed E-state index contributed by atoms with van der Waals surface area (Å²) < 4.78 is 24.7. The number of carboxylic acid groups (broad SMARTS) is 2. The van der Waals surface area contributed by atoms with E-state index in [9.17, 15) is 9.59 Å².